The molecule has 1 aliphatic rings. The summed E-state index contributed by atoms with van der Waals surface area (Å²) < 4.78 is 15.7. The molecule has 0 fully saturated rings. The number of rotatable bonds is 2. The van der Waals surface area contributed by atoms with Crippen LogP contribution in [0.25, 0.3) is 0 Å². The van der Waals surface area contributed by atoms with Gasteiger partial charge in [0, 0.05) is 0 Å². The second kappa shape index (κ2) is 4.75. The van der Waals surface area contributed by atoms with Gasteiger partial charge in [-0.2, -0.15) is 0 Å². The number of esters is 3. The van der Waals surface area contributed by atoms with Crippen molar-refractivity contribution in [3.63, 3.8) is 0 Å². The van der Waals surface area contributed by atoms with Crippen LogP contribution in [0.5, 0.6) is 0 Å². The number of fused-ring (bicyclic) bond motifs is 1. The van der Waals surface area contributed by atoms with Crippen LogP contribution >= 0.6 is 0 Å². The van der Waals surface area contributed by atoms with Gasteiger partial charge in [0.05, 0.1) is 25.8 Å². The first-order chi connectivity index (χ1) is 9.01. The van der Waals surface area contributed by atoms with E-state index in [1.807, 2.05) is 0 Å². The molecule has 0 radical (unpaired) electrons. The molecule has 1 aliphatic heterocycles. The molecule has 0 aliphatic carbocycles. The maximum atomic E-state index is 11.8. The second-order valence-corrected chi connectivity index (χ2v) is 4.09. The van der Waals surface area contributed by atoms with Crippen molar-refractivity contribution < 1.29 is 28.6 Å². The fourth-order valence-electron chi connectivity index (χ4n) is 2.06. The van der Waals surface area contributed by atoms with Gasteiger partial charge in [-0.1, -0.05) is 0 Å². The lowest BCUT2D eigenvalue weighted by molar-refractivity contribution is 0.0356. The zero-order valence-corrected chi connectivity index (χ0v) is 10.8. The highest BCUT2D eigenvalue weighted by molar-refractivity contribution is 6.05. The summed E-state index contributed by atoms with van der Waals surface area (Å²) in [7, 11) is 2.40. The first-order valence-electron chi connectivity index (χ1n) is 5.60. The third-order valence-corrected chi connectivity index (χ3v) is 2.93. The van der Waals surface area contributed by atoms with Crippen LogP contribution in [0.15, 0.2) is 6.07 Å². The summed E-state index contributed by atoms with van der Waals surface area (Å²) in [5.74, 6) is -1.99. The van der Waals surface area contributed by atoms with E-state index in [1.54, 1.807) is 6.92 Å². The number of hydrogen-bond donors (Lipinski definition) is 0. The molecule has 7 heteroatoms. The molecule has 0 aromatic carbocycles. The Balaban J connectivity index is 2.69. The largest absolute Gasteiger partial charge is 0.465 e. The lowest BCUT2D eigenvalue weighted by Gasteiger charge is -2.23. The Kier molecular flexibility index (Phi) is 3.28. The summed E-state index contributed by atoms with van der Waals surface area (Å²) in [4.78, 5) is 35.2. The highest BCUT2D eigenvalue weighted by Gasteiger charge is 2.34. The minimum Gasteiger partial charge on any atom is -0.465 e. The monoisotopic (exact) mass is 267 g/mol. The maximum absolute atomic E-state index is 11.8. The highest BCUT2D eigenvalue weighted by Crippen LogP contribution is 2.27. The first-order valence-corrected chi connectivity index (χ1v) is 5.60. The van der Waals surface area contributed by atoms with E-state index < -0.39 is 17.9 Å². The van der Waals surface area contributed by atoms with Gasteiger partial charge in [-0.25, -0.2) is 14.4 Å². The fraction of sp³-hybridized carbons (Fsp3) is 0.417. The van der Waals surface area contributed by atoms with Gasteiger partial charge in [0.15, 0.2) is 0 Å². The average Bonchev–Trinajstić information content (AvgIpc) is 2.82. The Morgan fingerprint density at radius 1 is 1.32 bits per heavy atom. The van der Waals surface area contributed by atoms with Crippen LogP contribution < -0.4 is 0 Å². The van der Waals surface area contributed by atoms with Crippen molar-refractivity contribution >= 4 is 17.9 Å². The normalized spacial score (nSPS) is 17.4. The summed E-state index contributed by atoms with van der Waals surface area (Å²) in [5, 5.41) is 0. The molecule has 0 amide bonds. The number of methoxy groups -OCH3 is 2. The van der Waals surface area contributed by atoms with E-state index in [1.165, 1.54) is 24.9 Å². The zero-order chi connectivity index (χ0) is 14.2. The minimum atomic E-state index is -0.706. The molecule has 19 heavy (non-hydrogen) atoms. The quantitative estimate of drug-likeness (QED) is 0.582. The summed E-state index contributed by atoms with van der Waals surface area (Å²) in [6, 6.07) is 1.02. The van der Waals surface area contributed by atoms with Crippen molar-refractivity contribution in [3.05, 3.63) is 23.0 Å². The molecule has 2 heterocycles. The summed E-state index contributed by atoms with van der Waals surface area (Å²) in [6.45, 7) is 1.90. The standard InChI is InChI=1S/C12H13NO6/c1-6-5-19-11(15)8-4-7(10(14)17-2)9(13(6)8)12(16)18-3/h4,6H,5H2,1-3H3. The molecule has 1 aromatic heterocycles. The number of carbonyl (C=O) groups is 3. The van der Waals surface area contributed by atoms with Gasteiger partial charge < -0.3 is 18.8 Å². The van der Waals surface area contributed by atoms with Gasteiger partial charge in [0.1, 0.15) is 18.0 Å². The SMILES string of the molecule is COC(=O)c1cc2n(c1C(=O)OC)C(C)COC2=O. The average molecular weight is 267 g/mol. The molecular formula is C12H13NO6. The van der Waals surface area contributed by atoms with E-state index >= 15 is 0 Å². The van der Waals surface area contributed by atoms with Crippen LogP contribution in [0.2, 0.25) is 0 Å². The predicted octanol–water partition coefficient (Wildman–Crippen LogP) is 0.793. The topological polar surface area (TPSA) is 83.8 Å². The van der Waals surface area contributed by atoms with Gasteiger partial charge in [0.25, 0.3) is 0 Å². The number of hydrogen-bond acceptors (Lipinski definition) is 6. The van der Waals surface area contributed by atoms with Crippen molar-refractivity contribution in [2.24, 2.45) is 0 Å². The third kappa shape index (κ3) is 1.96. The predicted molar refractivity (Wildman–Crippen MR) is 62.1 cm³/mol. The van der Waals surface area contributed by atoms with E-state index in [0.717, 1.165) is 0 Å². The molecule has 0 N–H and O–H groups in total. The van der Waals surface area contributed by atoms with Gasteiger partial charge in [-0.05, 0) is 13.0 Å². The molecule has 102 valence electrons. The molecule has 0 spiro atoms. The summed E-state index contributed by atoms with van der Waals surface area (Å²) in [6.07, 6.45) is 0. The van der Waals surface area contributed by atoms with E-state index in [9.17, 15) is 14.4 Å². The van der Waals surface area contributed by atoms with Crippen molar-refractivity contribution in [3.8, 4) is 0 Å². The van der Waals surface area contributed by atoms with Crippen molar-refractivity contribution in [2.75, 3.05) is 20.8 Å². The van der Waals surface area contributed by atoms with Crippen molar-refractivity contribution in [1.82, 2.24) is 4.57 Å². The number of carbonyl (C=O) groups excluding carboxylic acids is 3. The van der Waals surface area contributed by atoms with Crippen molar-refractivity contribution in [1.29, 1.82) is 0 Å². The van der Waals surface area contributed by atoms with Crippen LogP contribution in [0.1, 0.15) is 44.3 Å². The molecule has 1 atom stereocenters. The number of nitrogens with zero attached hydrogens (tertiary/aromatic N) is 1. The van der Waals surface area contributed by atoms with E-state index in [2.05, 4.69) is 9.47 Å². The number of aromatic nitrogens is 1. The Bertz CT molecular complexity index is 559. The van der Waals surface area contributed by atoms with Crippen LogP contribution in [-0.2, 0) is 14.2 Å². The van der Waals surface area contributed by atoms with Gasteiger partial charge in [-0.15, -0.1) is 0 Å². The van der Waals surface area contributed by atoms with Gasteiger partial charge in [0.2, 0.25) is 0 Å². The molecule has 1 aromatic rings. The highest BCUT2D eigenvalue weighted by atomic mass is 16.5. The van der Waals surface area contributed by atoms with Gasteiger partial charge >= 0.3 is 17.9 Å². The van der Waals surface area contributed by atoms with Gasteiger partial charge in [-0.3, -0.25) is 0 Å². The number of cyclic esters (lactones) is 1. The molecule has 7 nitrogen and oxygen atoms in total. The Hall–Kier alpha value is -2.31. The van der Waals surface area contributed by atoms with E-state index in [-0.39, 0.29) is 29.6 Å². The molecule has 0 saturated heterocycles. The molecule has 2 rings (SSSR count). The van der Waals surface area contributed by atoms with E-state index in [0.29, 0.717) is 0 Å². The zero-order valence-electron chi connectivity index (χ0n) is 10.8. The maximum Gasteiger partial charge on any atom is 0.355 e. The molecule has 1 unspecified atom stereocenters. The third-order valence-electron chi connectivity index (χ3n) is 2.93. The molecular weight excluding hydrogens is 254 g/mol. The molecule has 0 saturated carbocycles. The summed E-state index contributed by atoms with van der Waals surface area (Å²) >= 11 is 0. The van der Waals surface area contributed by atoms with E-state index in [4.69, 9.17) is 4.74 Å². The second-order valence-electron chi connectivity index (χ2n) is 4.09. The Morgan fingerprint density at radius 2 is 1.95 bits per heavy atom. The lowest BCUT2D eigenvalue weighted by Crippen LogP contribution is -2.29. The Morgan fingerprint density at radius 3 is 2.53 bits per heavy atom. The van der Waals surface area contributed by atoms with Crippen LogP contribution in [0.4, 0.5) is 0 Å². The van der Waals surface area contributed by atoms with Crippen LogP contribution in [-0.4, -0.2) is 43.3 Å². The Labute approximate surface area is 109 Å². The minimum absolute atomic E-state index is 0.00458. The smallest absolute Gasteiger partial charge is 0.355 e. The molecule has 0 bridgehead atoms. The van der Waals surface area contributed by atoms with Crippen LogP contribution in [0, 0.1) is 0 Å². The fourth-order valence-corrected chi connectivity index (χ4v) is 2.06. The number of ether oxygens (including phenoxy) is 3. The van der Waals surface area contributed by atoms with Crippen molar-refractivity contribution in [2.45, 2.75) is 13.0 Å². The first kappa shape index (κ1) is 13.1. The van der Waals surface area contributed by atoms with Crippen LogP contribution in [0.3, 0.4) is 0 Å². The summed E-state index contributed by atoms with van der Waals surface area (Å²) in [5.41, 5.74) is 0.142. The lowest BCUT2D eigenvalue weighted by atomic mass is 10.2.